The number of benzene rings is 2. The quantitative estimate of drug-likeness (QED) is 0.329. The maximum absolute atomic E-state index is 12.0. The average Bonchev–Trinajstić information content (AvgIpc) is 2.90. The Morgan fingerprint density at radius 2 is 1.32 bits per heavy atom. The van der Waals surface area contributed by atoms with Crippen molar-refractivity contribution in [3.05, 3.63) is 54.1 Å². The largest absolute Gasteiger partial charge is 0.465 e. The summed E-state index contributed by atoms with van der Waals surface area (Å²) in [5.41, 5.74) is 1.90. The van der Waals surface area contributed by atoms with Gasteiger partial charge in [-0.2, -0.15) is 0 Å². The Hall–Kier alpha value is -4.45. The maximum Gasteiger partial charge on any atom is 0.337 e. The van der Waals surface area contributed by atoms with Crippen LogP contribution in [0.5, 0.6) is 5.75 Å². The number of hydrogen-bond donors (Lipinski definition) is 0. The van der Waals surface area contributed by atoms with Crippen LogP contribution in [0.1, 0.15) is 38.1 Å². The SMILES string of the molecule is COC(=O)c1cccc(-c2ccc(O[C@H]3O[C@H](COC(C)=O)[C@@H](OC(C)=O)[C@@H](OC(C)=O)[C@H]3OC(C)=O)cc2)c1. The minimum atomic E-state index is -1.35. The van der Waals surface area contributed by atoms with Crippen LogP contribution in [0.2, 0.25) is 0 Å². The summed E-state index contributed by atoms with van der Waals surface area (Å²) in [4.78, 5) is 59.2. The van der Waals surface area contributed by atoms with Crippen LogP contribution in [-0.4, -0.2) is 74.3 Å². The summed E-state index contributed by atoms with van der Waals surface area (Å²) in [5, 5.41) is 0. The molecule has 1 saturated heterocycles. The molecule has 3 rings (SSSR count). The molecule has 1 aliphatic rings. The van der Waals surface area contributed by atoms with E-state index in [1.807, 2.05) is 6.07 Å². The minimum Gasteiger partial charge on any atom is -0.465 e. The Kier molecular flexibility index (Phi) is 10.2. The van der Waals surface area contributed by atoms with E-state index in [0.717, 1.165) is 31.9 Å². The van der Waals surface area contributed by atoms with Crippen molar-refractivity contribution < 1.29 is 57.1 Å². The molecule has 40 heavy (non-hydrogen) atoms. The molecule has 1 aliphatic heterocycles. The molecule has 1 heterocycles. The van der Waals surface area contributed by atoms with Crippen LogP contribution < -0.4 is 4.74 Å². The van der Waals surface area contributed by atoms with Crippen LogP contribution in [0.3, 0.4) is 0 Å². The molecule has 2 aromatic carbocycles. The molecule has 1 fully saturated rings. The molecule has 0 saturated carbocycles. The number of carbonyl (C=O) groups is 5. The fourth-order valence-electron chi connectivity index (χ4n) is 4.09. The van der Waals surface area contributed by atoms with Crippen LogP contribution in [0.25, 0.3) is 11.1 Å². The first-order valence-electron chi connectivity index (χ1n) is 12.2. The highest BCUT2D eigenvalue weighted by molar-refractivity contribution is 5.91. The maximum atomic E-state index is 12.0. The molecule has 0 bridgehead atoms. The van der Waals surface area contributed by atoms with Gasteiger partial charge in [0.25, 0.3) is 0 Å². The lowest BCUT2D eigenvalue weighted by Crippen LogP contribution is -2.63. The van der Waals surface area contributed by atoms with E-state index in [0.29, 0.717) is 5.56 Å². The van der Waals surface area contributed by atoms with Crippen LogP contribution in [-0.2, 0) is 47.6 Å². The van der Waals surface area contributed by atoms with E-state index in [4.69, 9.17) is 33.2 Å². The van der Waals surface area contributed by atoms with E-state index in [-0.39, 0.29) is 12.4 Å². The first kappa shape index (κ1) is 30.1. The molecule has 5 atom stereocenters. The summed E-state index contributed by atoms with van der Waals surface area (Å²) in [6, 6.07) is 13.6. The molecular formula is C28H30O12. The second-order valence-corrected chi connectivity index (χ2v) is 8.78. The van der Waals surface area contributed by atoms with Crippen molar-refractivity contribution in [1.29, 1.82) is 0 Å². The standard InChI is InChI=1S/C28H30O12/c1-15(29)35-14-23-24(36-16(2)30)25(37-17(3)31)26(38-18(4)32)28(40-23)39-22-11-9-19(10-12-22)20-7-6-8-21(13-20)27(33)34-5/h6-13,23-26,28H,14H2,1-5H3/t23-,24-,25-,26-,28+/m1/s1. The number of methoxy groups -OCH3 is 1. The summed E-state index contributed by atoms with van der Waals surface area (Å²) in [6.07, 6.45) is -6.46. The molecule has 0 unspecified atom stereocenters. The van der Waals surface area contributed by atoms with Crippen molar-refractivity contribution in [1.82, 2.24) is 0 Å². The van der Waals surface area contributed by atoms with E-state index >= 15 is 0 Å². The van der Waals surface area contributed by atoms with E-state index in [1.54, 1.807) is 42.5 Å². The van der Waals surface area contributed by atoms with Gasteiger partial charge < -0.3 is 33.2 Å². The van der Waals surface area contributed by atoms with Gasteiger partial charge in [0.2, 0.25) is 12.4 Å². The normalized spacial score (nSPS) is 21.9. The Balaban J connectivity index is 1.92. The fraction of sp³-hybridized carbons (Fsp3) is 0.393. The third-order valence-corrected chi connectivity index (χ3v) is 5.67. The highest BCUT2D eigenvalue weighted by Crippen LogP contribution is 2.32. The first-order valence-corrected chi connectivity index (χ1v) is 12.2. The van der Waals surface area contributed by atoms with Crippen LogP contribution >= 0.6 is 0 Å². The predicted octanol–water partition coefficient (Wildman–Crippen LogP) is 2.60. The third-order valence-electron chi connectivity index (χ3n) is 5.67. The molecule has 214 valence electrons. The monoisotopic (exact) mass is 558 g/mol. The van der Waals surface area contributed by atoms with E-state index in [1.165, 1.54) is 14.0 Å². The molecule has 2 aromatic rings. The predicted molar refractivity (Wildman–Crippen MR) is 136 cm³/mol. The zero-order chi connectivity index (χ0) is 29.4. The van der Waals surface area contributed by atoms with Crippen LogP contribution in [0, 0.1) is 0 Å². The van der Waals surface area contributed by atoms with Crippen molar-refractivity contribution in [2.75, 3.05) is 13.7 Å². The Morgan fingerprint density at radius 1 is 0.725 bits per heavy atom. The van der Waals surface area contributed by atoms with Gasteiger partial charge in [0.1, 0.15) is 18.5 Å². The average molecular weight is 559 g/mol. The zero-order valence-corrected chi connectivity index (χ0v) is 22.6. The second kappa shape index (κ2) is 13.6. The summed E-state index contributed by atoms with van der Waals surface area (Å²) in [6.45, 7) is 4.24. The third kappa shape index (κ3) is 8.03. The lowest BCUT2D eigenvalue weighted by atomic mass is 9.98. The lowest BCUT2D eigenvalue weighted by Gasteiger charge is -2.43. The number of ether oxygens (including phenoxy) is 7. The fourth-order valence-corrected chi connectivity index (χ4v) is 4.09. The summed E-state index contributed by atoms with van der Waals surface area (Å²) < 4.78 is 38.0. The topological polar surface area (TPSA) is 150 Å². The summed E-state index contributed by atoms with van der Waals surface area (Å²) >= 11 is 0. The number of esters is 5. The van der Waals surface area contributed by atoms with Crippen molar-refractivity contribution >= 4 is 29.8 Å². The van der Waals surface area contributed by atoms with Crippen molar-refractivity contribution in [3.8, 4) is 16.9 Å². The molecule has 12 nitrogen and oxygen atoms in total. The van der Waals surface area contributed by atoms with Gasteiger partial charge in [-0.25, -0.2) is 4.79 Å². The Morgan fingerprint density at radius 3 is 1.90 bits per heavy atom. The molecule has 0 spiro atoms. The van der Waals surface area contributed by atoms with Crippen LogP contribution in [0.4, 0.5) is 0 Å². The molecular weight excluding hydrogens is 528 g/mol. The molecule has 0 N–H and O–H groups in total. The smallest absolute Gasteiger partial charge is 0.337 e. The van der Waals surface area contributed by atoms with Crippen molar-refractivity contribution in [3.63, 3.8) is 0 Å². The van der Waals surface area contributed by atoms with Crippen molar-refractivity contribution in [2.45, 2.75) is 58.4 Å². The van der Waals surface area contributed by atoms with Gasteiger partial charge in [0.05, 0.1) is 12.7 Å². The van der Waals surface area contributed by atoms with Gasteiger partial charge in [-0.1, -0.05) is 24.3 Å². The lowest BCUT2D eigenvalue weighted by molar-refractivity contribution is -0.288. The number of carbonyl (C=O) groups excluding carboxylic acids is 5. The van der Waals surface area contributed by atoms with Gasteiger partial charge in [-0.05, 0) is 35.4 Å². The zero-order valence-electron chi connectivity index (χ0n) is 22.6. The Bertz CT molecular complexity index is 1240. The molecule has 0 radical (unpaired) electrons. The second-order valence-electron chi connectivity index (χ2n) is 8.78. The summed E-state index contributed by atoms with van der Waals surface area (Å²) in [5.74, 6) is -3.02. The first-order chi connectivity index (χ1) is 19.0. The van der Waals surface area contributed by atoms with Gasteiger partial charge in [-0.15, -0.1) is 0 Å². The van der Waals surface area contributed by atoms with E-state index in [9.17, 15) is 24.0 Å². The molecule has 0 aliphatic carbocycles. The summed E-state index contributed by atoms with van der Waals surface area (Å²) in [7, 11) is 1.30. The molecule has 0 amide bonds. The Labute approximate surface area is 230 Å². The number of rotatable bonds is 9. The van der Waals surface area contributed by atoms with E-state index < -0.39 is 60.6 Å². The van der Waals surface area contributed by atoms with Gasteiger partial charge in [0.15, 0.2) is 12.2 Å². The van der Waals surface area contributed by atoms with Gasteiger partial charge in [0, 0.05) is 27.7 Å². The highest BCUT2D eigenvalue weighted by atomic mass is 16.7. The highest BCUT2D eigenvalue weighted by Gasteiger charge is 2.53. The molecule has 0 aromatic heterocycles. The van der Waals surface area contributed by atoms with Crippen LogP contribution in [0.15, 0.2) is 48.5 Å². The van der Waals surface area contributed by atoms with E-state index in [2.05, 4.69) is 0 Å². The van der Waals surface area contributed by atoms with Gasteiger partial charge in [-0.3, -0.25) is 19.2 Å². The molecule has 12 heteroatoms. The minimum absolute atomic E-state index is 0.286. The number of hydrogen-bond acceptors (Lipinski definition) is 12. The van der Waals surface area contributed by atoms with Crippen molar-refractivity contribution in [2.24, 2.45) is 0 Å². The van der Waals surface area contributed by atoms with Gasteiger partial charge >= 0.3 is 29.8 Å².